The van der Waals surface area contributed by atoms with Crippen LogP contribution in [-0.4, -0.2) is 60.4 Å². The van der Waals surface area contributed by atoms with E-state index in [0.717, 1.165) is 25.7 Å². The van der Waals surface area contributed by atoms with Gasteiger partial charge in [-0.3, -0.25) is 0 Å². The maximum Gasteiger partial charge on any atom is 0.115 e. The molecule has 5 heteroatoms. The summed E-state index contributed by atoms with van der Waals surface area (Å²) in [6.07, 6.45) is 1.28. The van der Waals surface area contributed by atoms with Crippen molar-refractivity contribution in [3.05, 3.63) is 60.7 Å². The Hall–Kier alpha value is -1.50. The van der Waals surface area contributed by atoms with Crippen LogP contribution in [0.3, 0.4) is 0 Å². The van der Waals surface area contributed by atoms with E-state index in [9.17, 15) is 0 Å². The summed E-state index contributed by atoms with van der Waals surface area (Å²) >= 11 is 0. The maximum atomic E-state index is 5.94. The van der Waals surface area contributed by atoms with Crippen LogP contribution in [0, 0.1) is 0 Å². The van der Waals surface area contributed by atoms with Crippen LogP contribution in [0.1, 0.15) is 6.42 Å². The molecular formula is C23H32O4Si. The van der Waals surface area contributed by atoms with Gasteiger partial charge in [0, 0.05) is 13.7 Å². The average Bonchev–Trinajstić information content (AvgIpc) is 3.57. The fraction of sp³-hybridized carbons (Fsp3) is 0.478. The summed E-state index contributed by atoms with van der Waals surface area (Å²) < 4.78 is 22.2. The highest BCUT2D eigenvalue weighted by Crippen LogP contribution is 2.14. The zero-order valence-electron chi connectivity index (χ0n) is 17.0. The van der Waals surface area contributed by atoms with Gasteiger partial charge in [-0.15, -0.1) is 0 Å². The van der Waals surface area contributed by atoms with Gasteiger partial charge in [-0.25, -0.2) is 0 Å². The summed E-state index contributed by atoms with van der Waals surface area (Å²) in [6, 6.07) is 23.1. The van der Waals surface area contributed by atoms with E-state index in [4.69, 9.17) is 18.9 Å². The van der Waals surface area contributed by atoms with Crippen molar-refractivity contribution < 1.29 is 18.9 Å². The number of epoxide rings is 1. The van der Waals surface area contributed by atoms with Gasteiger partial charge in [0.1, 0.15) is 20.3 Å². The highest BCUT2D eigenvalue weighted by Gasteiger charge is 2.31. The number of methoxy groups -OCH3 is 1. The van der Waals surface area contributed by atoms with Crippen LogP contribution < -0.4 is 10.4 Å². The van der Waals surface area contributed by atoms with E-state index in [1.165, 1.54) is 10.4 Å². The van der Waals surface area contributed by atoms with Crippen molar-refractivity contribution in [1.29, 1.82) is 0 Å². The lowest BCUT2D eigenvalue weighted by Crippen LogP contribution is -2.55. The minimum atomic E-state index is -1.77. The molecule has 2 atom stereocenters. The third-order valence-corrected chi connectivity index (χ3v) is 9.93. The second-order valence-electron chi connectivity index (χ2n) is 7.61. The van der Waals surface area contributed by atoms with E-state index < -0.39 is 8.07 Å². The molecule has 28 heavy (non-hydrogen) atoms. The maximum absolute atomic E-state index is 5.94. The molecule has 2 aromatic carbocycles. The predicted octanol–water partition coefficient (Wildman–Crippen LogP) is 2.72. The Kier molecular flexibility index (Phi) is 8.24. The van der Waals surface area contributed by atoms with Gasteiger partial charge >= 0.3 is 0 Å². The fourth-order valence-corrected chi connectivity index (χ4v) is 7.17. The lowest BCUT2D eigenvalue weighted by atomic mass is 10.4. The Bertz CT molecular complexity index is 636. The van der Waals surface area contributed by atoms with E-state index in [2.05, 4.69) is 67.2 Å². The van der Waals surface area contributed by atoms with Crippen molar-refractivity contribution in [3.8, 4) is 0 Å². The average molecular weight is 401 g/mol. The second kappa shape index (κ2) is 10.9. The van der Waals surface area contributed by atoms with Gasteiger partial charge in [-0.1, -0.05) is 77.6 Å². The number of rotatable bonds is 13. The fourth-order valence-electron chi connectivity index (χ4n) is 3.55. The van der Waals surface area contributed by atoms with Gasteiger partial charge in [0.2, 0.25) is 0 Å². The van der Waals surface area contributed by atoms with Crippen molar-refractivity contribution in [1.82, 2.24) is 0 Å². The largest absolute Gasteiger partial charge is 0.382 e. The monoisotopic (exact) mass is 400 g/mol. The summed E-state index contributed by atoms with van der Waals surface area (Å²) in [5.74, 6) is 0. The van der Waals surface area contributed by atoms with Crippen LogP contribution in [0.5, 0.6) is 0 Å². The van der Waals surface area contributed by atoms with E-state index in [-0.39, 0.29) is 12.2 Å². The molecule has 0 aliphatic carbocycles. The predicted molar refractivity (Wildman–Crippen MR) is 115 cm³/mol. The SMILES string of the molecule is COCC(COCCC[Si](C)(c1ccccc1)c1ccccc1)OCC1CO1. The Morgan fingerprint density at radius 3 is 2.14 bits per heavy atom. The van der Waals surface area contributed by atoms with Gasteiger partial charge < -0.3 is 18.9 Å². The molecule has 1 aliphatic rings. The molecule has 1 saturated heterocycles. The molecule has 0 N–H and O–H groups in total. The van der Waals surface area contributed by atoms with Gasteiger partial charge in [-0.2, -0.15) is 0 Å². The molecule has 0 spiro atoms. The molecule has 0 saturated carbocycles. The Labute approximate surface area is 169 Å². The minimum Gasteiger partial charge on any atom is -0.382 e. The molecule has 1 aliphatic heterocycles. The topological polar surface area (TPSA) is 40.2 Å². The van der Waals surface area contributed by atoms with Crippen LogP contribution in [0.15, 0.2) is 60.7 Å². The second-order valence-corrected chi connectivity index (χ2v) is 11.9. The molecule has 0 aromatic heterocycles. The minimum absolute atomic E-state index is 0.0268. The molecule has 0 radical (unpaired) electrons. The van der Waals surface area contributed by atoms with E-state index in [1.807, 2.05) is 0 Å². The van der Waals surface area contributed by atoms with Gasteiger partial charge in [-0.05, 0) is 12.5 Å². The normalized spacial score (nSPS) is 17.4. The van der Waals surface area contributed by atoms with Gasteiger partial charge in [0.25, 0.3) is 0 Å². The van der Waals surface area contributed by atoms with Crippen molar-refractivity contribution in [3.63, 3.8) is 0 Å². The number of benzene rings is 2. The first kappa shape index (κ1) is 21.2. The first-order valence-corrected chi connectivity index (χ1v) is 12.8. The van der Waals surface area contributed by atoms with Crippen LogP contribution in [0.2, 0.25) is 12.6 Å². The molecule has 3 rings (SSSR count). The van der Waals surface area contributed by atoms with Crippen molar-refractivity contribution in [2.75, 3.05) is 40.1 Å². The van der Waals surface area contributed by atoms with Crippen LogP contribution in [0.25, 0.3) is 0 Å². The third-order valence-electron chi connectivity index (χ3n) is 5.36. The molecule has 0 amide bonds. The van der Waals surface area contributed by atoms with Crippen LogP contribution in [0.4, 0.5) is 0 Å². The van der Waals surface area contributed by atoms with E-state index in [0.29, 0.717) is 19.8 Å². The van der Waals surface area contributed by atoms with Crippen molar-refractivity contribution >= 4 is 18.4 Å². The summed E-state index contributed by atoms with van der Waals surface area (Å²) in [6.45, 7) is 5.76. The van der Waals surface area contributed by atoms with E-state index >= 15 is 0 Å². The molecule has 1 heterocycles. The van der Waals surface area contributed by atoms with Crippen molar-refractivity contribution in [2.45, 2.75) is 31.2 Å². The molecule has 0 bridgehead atoms. The summed E-state index contributed by atoms with van der Waals surface area (Å²) in [4.78, 5) is 0. The molecule has 1 fully saturated rings. The molecule has 2 aromatic rings. The summed E-state index contributed by atoms with van der Waals surface area (Å²) in [5, 5.41) is 2.96. The zero-order valence-corrected chi connectivity index (χ0v) is 18.0. The Balaban J connectivity index is 1.51. The molecule has 4 nitrogen and oxygen atoms in total. The number of ether oxygens (including phenoxy) is 4. The smallest absolute Gasteiger partial charge is 0.115 e. The standard InChI is InChI=1S/C23H32O4Si/c1-24-16-20(26-18-21-19-27-21)17-25-14-9-15-28(2,22-10-5-3-6-11-22)23-12-7-4-8-13-23/h3-8,10-13,20-21H,9,14-19H2,1-2H3. The quantitative estimate of drug-likeness (QED) is 0.294. The Morgan fingerprint density at radius 2 is 1.61 bits per heavy atom. The van der Waals surface area contributed by atoms with Crippen molar-refractivity contribution in [2.24, 2.45) is 0 Å². The highest BCUT2D eigenvalue weighted by molar-refractivity contribution is 7.01. The Morgan fingerprint density at radius 1 is 1.00 bits per heavy atom. The third kappa shape index (κ3) is 6.26. The van der Waals surface area contributed by atoms with Crippen LogP contribution >= 0.6 is 0 Å². The lowest BCUT2D eigenvalue weighted by Gasteiger charge is -2.29. The zero-order chi connectivity index (χ0) is 19.7. The summed E-state index contributed by atoms with van der Waals surface area (Å²) in [5.41, 5.74) is 0. The first-order valence-electron chi connectivity index (χ1n) is 10.1. The van der Waals surface area contributed by atoms with Gasteiger partial charge in [0.15, 0.2) is 0 Å². The molecular weight excluding hydrogens is 368 g/mol. The van der Waals surface area contributed by atoms with Crippen LogP contribution in [-0.2, 0) is 18.9 Å². The first-order chi connectivity index (χ1) is 13.7. The summed E-state index contributed by atoms with van der Waals surface area (Å²) in [7, 11) is -0.0731. The molecule has 152 valence electrons. The lowest BCUT2D eigenvalue weighted by molar-refractivity contribution is -0.0545. The number of hydrogen-bond acceptors (Lipinski definition) is 4. The van der Waals surface area contributed by atoms with E-state index in [1.54, 1.807) is 7.11 Å². The number of hydrogen-bond donors (Lipinski definition) is 0. The highest BCUT2D eigenvalue weighted by atomic mass is 28.3. The molecule has 2 unspecified atom stereocenters. The van der Waals surface area contributed by atoms with Gasteiger partial charge in [0.05, 0.1) is 26.4 Å².